The Labute approximate surface area is 215 Å². The molecule has 6 nitrogen and oxygen atoms in total. The number of piperidine rings is 1. The van der Waals surface area contributed by atoms with Crippen molar-refractivity contribution < 1.29 is 14.3 Å². The zero-order chi connectivity index (χ0) is 25.3. The van der Waals surface area contributed by atoms with Crippen LogP contribution in [0.3, 0.4) is 0 Å². The molecule has 2 atom stereocenters. The average molecular weight is 490 g/mol. The third-order valence-corrected chi connectivity index (χ3v) is 7.40. The van der Waals surface area contributed by atoms with Crippen LogP contribution in [0.1, 0.15) is 37.8 Å². The summed E-state index contributed by atoms with van der Waals surface area (Å²) in [4.78, 5) is 32.5. The minimum atomic E-state index is 0.143. The van der Waals surface area contributed by atoms with Gasteiger partial charge in [-0.1, -0.05) is 60.7 Å². The maximum Gasteiger partial charge on any atom is 0.236 e. The van der Waals surface area contributed by atoms with Crippen LogP contribution in [-0.2, 0) is 22.7 Å². The van der Waals surface area contributed by atoms with Crippen LogP contribution in [0.2, 0.25) is 0 Å². The van der Waals surface area contributed by atoms with Crippen LogP contribution in [0.15, 0.2) is 66.7 Å². The lowest BCUT2D eigenvalue weighted by molar-refractivity contribution is -0.136. The van der Waals surface area contributed by atoms with E-state index in [0.717, 1.165) is 30.8 Å². The molecule has 1 saturated heterocycles. The number of hydrogen-bond acceptors (Lipinski definition) is 4. The van der Waals surface area contributed by atoms with Gasteiger partial charge in [0.1, 0.15) is 12.4 Å². The number of para-hydroxylation sites is 1. The number of hydrogen-bond donors (Lipinski definition) is 0. The number of amides is 2. The lowest BCUT2D eigenvalue weighted by Gasteiger charge is -2.38. The quantitative estimate of drug-likeness (QED) is 0.566. The summed E-state index contributed by atoms with van der Waals surface area (Å²) in [5.74, 6) is 1.58. The molecule has 0 aliphatic carbocycles. The van der Waals surface area contributed by atoms with Crippen molar-refractivity contribution in [2.24, 2.45) is 11.8 Å². The fourth-order valence-electron chi connectivity index (χ4n) is 5.34. The Hall–Kier alpha value is -3.12. The lowest BCUT2D eigenvalue weighted by Crippen LogP contribution is -2.48. The van der Waals surface area contributed by atoms with E-state index in [4.69, 9.17) is 4.74 Å². The summed E-state index contributed by atoms with van der Waals surface area (Å²) in [7, 11) is 0. The molecule has 0 spiro atoms. The SMILES string of the molecule is CCN(CC)C(=O)C[C@@H]1CCN2C[C@@H]1C=CCOc1ccccc1CN(Cc1ccccc1)CC2=O. The highest BCUT2D eigenvalue weighted by Gasteiger charge is 2.32. The summed E-state index contributed by atoms with van der Waals surface area (Å²) in [6.45, 7) is 9.02. The van der Waals surface area contributed by atoms with Crippen molar-refractivity contribution in [3.63, 3.8) is 0 Å². The summed E-state index contributed by atoms with van der Waals surface area (Å²) in [6, 6.07) is 18.4. The van der Waals surface area contributed by atoms with Crippen molar-refractivity contribution in [2.75, 3.05) is 39.3 Å². The maximum absolute atomic E-state index is 13.5. The van der Waals surface area contributed by atoms with Gasteiger partial charge < -0.3 is 14.5 Å². The molecule has 1 fully saturated rings. The molecular formula is C30H39N3O3. The van der Waals surface area contributed by atoms with E-state index in [1.807, 2.05) is 60.0 Å². The highest BCUT2D eigenvalue weighted by molar-refractivity contribution is 5.79. The van der Waals surface area contributed by atoms with E-state index in [0.29, 0.717) is 45.8 Å². The van der Waals surface area contributed by atoms with Crippen molar-refractivity contribution in [3.8, 4) is 5.75 Å². The van der Waals surface area contributed by atoms with Crippen LogP contribution in [0.4, 0.5) is 0 Å². The minimum Gasteiger partial charge on any atom is -0.489 e. The summed E-state index contributed by atoms with van der Waals surface area (Å²) < 4.78 is 6.17. The second-order valence-corrected chi connectivity index (χ2v) is 9.80. The van der Waals surface area contributed by atoms with Gasteiger partial charge in [0.15, 0.2) is 0 Å². The molecule has 2 aromatic rings. The number of rotatable bonds is 6. The predicted octanol–water partition coefficient (Wildman–Crippen LogP) is 4.36. The van der Waals surface area contributed by atoms with Gasteiger partial charge in [0, 0.05) is 51.3 Å². The smallest absolute Gasteiger partial charge is 0.236 e. The maximum atomic E-state index is 13.5. The van der Waals surface area contributed by atoms with Crippen LogP contribution < -0.4 is 4.74 Å². The zero-order valence-corrected chi connectivity index (χ0v) is 21.6. The lowest BCUT2D eigenvalue weighted by atomic mass is 9.82. The molecule has 2 aliphatic heterocycles. The first kappa shape index (κ1) is 26.0. The third kappa shape index (κ3) is 6.76. The second-order valence-electron chi connectivity index (χ2n) is 9.80. The van der Waals surface area contributed by atoms with Gasteiger partial charge >= 0.3 is 0 Å². The third-order valence-electron chi connectivity index (χ3n) is 7.40. The summed E-state index contributed by atoms with van der Waals surface area (Å²) in [5.41, 5.74) is 2.26. The van der Waals surface area contributed by atoms with E-state index in [2.05, 4.69) is 35.3 Å². The molecule has 2 heterocycles. The Morgan fingerprint density at radius 2 is 1.78 bits per heavy atom. The van der Waals surface area contributed by atoms with Gasteiger partial charge in [0.05, 0.1) is 6.54 Å². The number of benzene rings is 2. The highest BCUT2D eigenvalue weighted by Crippen LogP contribution is 2.29. The molecule has 4 rings (SSSR count). The van der Waals surface area contributed by atoms with E-state index in [1.54, 1.807) is 0 Å². The standard InChI is InChI=1S/C30H39N3O3/c1-3-32(4-2)29(34)19-25-16-17-33-22-26(25)14-10-18-36-28-15-9-8-13-27(28)21-31(23-30(33)35)20-24-11-6-5-7-12-24/h5-15,25-26H,3-4,16-23H2,1-2H3/t25-,26-/m0/s1. The number of nitrogens with zero attached hydrogens (tertiary/aromatic N) is 3. The molecular weight excluding hydrogens is 450 g/mol. The molecule has 2 bridgehead atoms. The Balaban J connectivity index is 1.56. The molecule has 192 valence electrons. The van der Waals surface area contributed by atoms with Crippen LogP contribution in [0.25, 0.3) is 0 Å². The van der Waals surface area contributed by atoms with Gasteiger partial charge in [-0.3, -0.25) is 14.5 Å². The van der Waals surface area contributed by atoms with Gasteiger partial charge in [0.2, 0.25) is 11.8 Å². The van der Waals surface area contributed by atoms with Crippen molar-refractivity contribution >= 4 is 11.8 Å². The largest absolute Gasteiger partial charge is 0.489 e. The van der Waals surface area contributed by atoms with Crippen LogP contribution in [-0.4, -0.2) is 65.8 Å². The average Bonchev–Trinajstić information content (AvgIpc) is 2.89. The fraction of sp³-hybridized carbons (Fsp3) is 0.467. The van der Waals surface area contributed by atoms with Gasteiger partial charge in [0.25, 0.3) is 0 Å². The highest BCUT2D eigenvalue weighted by atomic mass is 16.5. The van der Waals surface area contributed by atoms with Gasteiger partial charge in [-0.15, -0.1) is 0 Å². The number of fused-ring (bicyclic) bond motifs is 3. The molecule has 2 aliphatic rings. The number of ether oxygens (including phenoxy) is 1. The first-order valence-corrected chi connectivity index (χ1v) is 13.3. The summed E-state index contributed by atoms with van der Waals surface area (Å²) in [6.07, 6.45) is 5.60. The molecule has 36 heavy (non-hydrogen) atoms. The summed E-state index contributed by atoms with van der Waals surface area (Å²) in [5, 5.41) is 0. The first-order valence-electron chi connectivity index (χ1n) is 13.3. The van der Waals surface area contributed by atoms with Gasteiger partial charge in [-0.25, -0.2) is 0 Å². The van der Waals surface area contributed by atoms with E-state index in [-0.39, 0.29) is 23.7 Å². The zero-order valence-electron chi connectivity index (χ0n) is 21.6. The van der Waals surface area contributed by atoms with E-state index in [9.17, 15) is 9.59 Å². The van der Waals surface area contributed by atoms with Crippen molar-refractivity contribution in [2.45, 2.75) is 39.8 Å². The van der Waals surface area contributed by atoms with Crippen LogP contribution >= 0.6 is 0 Å². The Bertz CT molecular complexity index is 1030. The van der Waals surface area contributed by atoms with Crippen LogP contribution in [0.5, 0.6) is 5.75 Å². The number of carbonyl (C=O) groups is 2. The molecule has 0 radical (unpaired) electrons. The van der Waals surface area contributed by atoms with E-state index >= 15 is 0 Å². The molecule has 0 saturated carbocycles. The van der Waals surface area contributed by atoms with Crippen LogP contribution in [0, 0.1) is 11.8 Å². The Morgan fingerprint density at radius 1 is 1.03 bits per heavy atom. The Kier molecular flexibility index (Phi) is 9.17. The van der Waals surface area contributed by atoms with Gasteiger partial charge in [-0.2, -0.15) is 0 Å². The molecule has 0 unspecified atom stereocenters. The Morgan fingerprint density at radius 3 is 2.56 bits per heavy atom. The predicted molar refractivity (Wildman–Crippen MR) is 142 cm³/mol. The molecule has 0 N–H and O–H groups in total. The fourth-order valence-corrected chi connectivity index (χ4v) is 5.34. The molecule has 2 aromatic carbocycles. The van der Waals surface area contributed by atoms with Gasteiger partial charge in [-0.05, 0) is 43.7 Å². The van der Waals surface area contributed by atoms with Crippen molar-refractivity contribution in [3.05, 3.63) is 77.9 Å². The van der Waals surface area contributed by atoms with E-state index in [1.165, 1.54) is 5.56 Å². The minimum absolute atomic E-state index is 0.143. The second kappa shape index (κ2) is 12.7. The topological polar surface area (TPSA) is 53.1 Å². The summed E-state index contributed by atoms with van der Waals surface area (Å²) >= 11 is 0. The first-order chi connectivity index (χ1) is 17.6. The monoisotopic (exact) mass is 489 g/mol. The number of carbonyl (C=O) groups excluding carboxylic acids is 2. The van der Waals surface area contributed by atoms with Crippen molar-refractivity contribution in [1.29, 1.82) is 0 Å². The van der Waals surface area contributed by atoms with Crippen molar-refractivity contribution in [1.82, 2.24) is 14.7 Å². The van der Waals surface area contributed by atoms with E-state index < -0.39 is 0 Å². The molecule has 2 amide bonds. The molecule has 6 heteroatoms. The normalized spacial score (nSPS) is 20.9. The molecule has 0 aromatic heterocycles.